The molecule has 2 rings (SSSR count). The molecule has 8 nitrogen and oxygen atoms in total. The van der Waals surface area contributed by atoms with Crippen molar-refractivity contribution in [2.75, 3.05) is 12.4 Å². The van der Waals surface area contributed by atoms with Gasteiger partial charge in [0, 0.05) is 11.8 Å². The number of nitrogens with zero attached hydrogens (tertiary/aromatic N) is 2. The third kappa shape index (κ3) is 4.47. The largest absolute Gasteiger partial charge is 0.865 e. The zero-order chi connectivity index (χ0) is 20.1. The maximum absolute atomic E-state index is 12.3. The summed E-state index contributed by atoms with van der Waals surface area (Å²) in [6.45, 7) is 0. The summed E-state index contributed by atoms with van der Waals surface area (Å²) in [5.41, 5.74) is -0.854. The molecule has 10 heteroatoms. The molecule has 0 saturated heterocycles. The first-order chi connectivity index (χ1) is 12.8. The zero-order valence-corrected chi connectivity index (χ0v) is 15.2. The Kier molecular flexibility index (Phi) is 6.23. The van der Waals surface area contributed by atoms with Gasteiger partial charge in [0.1, 0.15) is 17.4 Å². The van der Waals surface area contributed by atoms with Crippen LogP contribution in [0.2, 0.25) is 10.0 Å². The molecule has 1 amide bonds. The van der Waals surface area contributed by atoms with Gasteiger partial charge < -0.3 is 15.2 Å². The number of hydrogen-bond acceptors (Lipinski definition) is 6. The van der Waals surface area contributed by atoms with Crippen LogP contribution >= 0.6 is 23.2 Å². The second-order valence-electron chi connectivity index (χ2n) is 5.05. The number of nitrogens with one attached hydrogen (secondary N) is 1. The van der Waals surface area contributed by atoms with Crippen molar-refractivity contribution in [3.8, 4) is 17.6 Å². The third-order valence-corrected chi connectivity index (χ3v) is 4.17. The lowest BCUT2D eigenvalue weighted by Gasteiger charge is -2.13. The van der Waals surface area contributed by atoms with E-state index in [9.17, 15) is 25.3 Å². The number of ether oxygens (including phenoxy) is 1. The minimum atomic E-state index is -0.909. The SMILES string of the molecule is COc1cc(/C=C(\C#N)C(=O)Nc2cccc(Cl)c2Cl)cc([N+](=O)[O-])c1[O-]. The first kappa shape index (κ1) is 20.0. The maximum atomic E-state index is 12.3. The van der Waals surface area contributed by atoms with Gasteiger partial charge in [-0.25, -0.2) is 0 Å². The number of rotatable bonds is 5. The number of nitro groups is 1. The fourth-order valence-corrected chi connectivity index (χ4v) is 2.43. The summed E-state index contributed by atoms with van der Waals surface area (Å²) >= 11 is 11.8. The second kappa shape index (κ2) is 8.40. The van der Waals surface area contributed by atoms with Crippen LogP contribution in [0.1, 0.15) is 5.56 Å². The molecule has 0 aliphatic rings. The molecule has 0 aromatic heterocycles. The molecule has 0 heterocycles. The summed E-state index contributed by atoms with van der Waals surface area (Å²) in [5.74, 6) is -2.01. The highest BCUT2D eigenvalue weighted by atomic mass is 35.5. The van der Waals surface area contributed by atoms with E-state index in [0.717, 1.165) is 12.1 Å². The fraction of sp³-hybridized carbons (Fsp3) is 0.0588. The van der Waals surface area contributed by atoms with E-state index in [0.29, 0.717) is 0 Å². The predicted molar refractivity (Wildman–Crippen MR) is 97.8 cm³/mol. The number of carbonyl (C=O) groups excluding carboxylic acids is 1. The van der Waals surface area contributed by atoms with Crippen LogP contribution in [0.3, 0.4) is 0 Å². The first-order valence-electron chi connectivity index (χ1n) is 7.19. The number of hydrogen-bond donors (Lipinski definition) is 1. The van der Waals surface area contributed by atoms with Crippen LogP contribution in [0.4, 0.5) is 11.4 Å². The van der Waals surface area contributed by atoms with Gasteiger partial charge in [0.25, 0.3) is 11.6 Å². The Hall–Kier alpha value is -3.28. The van der Waals surface area contributed by atoms with E-state index in [4.69, 9.17) is 27.9 Å². The number of benzene rings is 2. The molecule has 0 aliphatic heterocycles. The van der Waals surface area contributed by atoms with Crippen molar-refractivity contribution in [1.82, 2.24) is 0 Å². The van der Waals surface area contributed by atoms with Crippen molar-refractivity contribution in [3.63, 3.8) is 0 Å². The van der Waals surface area contributed by atoms with Crippen LogP contribution in [0.15, 0.2) is 35.9 Å². The van der Waals surface area contributed by atoms with Gasteiger partial charge in [-0.05, 0) is 29.8 Å². The average Bonchev–Trinajstić information content (AvgIpc) is 2.64. The lowest BCUT2D eigenvalue weighted by molar-refractivity contribution is -0.398. The number of anilines is 1. The van der Waals surface area contributed by atoms with Gasteiger partial charge >= 0.3 is 0 Å². The van der Waals surface area contributed by atoms with E-state index in [2.05, 4.69) is 5.32 Å². The summed E-state index contributed by atoms with van der Waals surface area (Å²) in [4.78, 5) is 22.4. The molecular formula is C17H10Cl2N3O5-. The Labute approximate surface area is 163 Å². The molecule has 0 fully saturated rings. The molecule has 0 saturated carbocycles. The summed E-state index contributed by atoms with van der Waals surface area (Å²) in [6.07, 6.45) is 1.09. The third-order valence-electron chi connectivity index (χ3n) is 3.35. The van der Waals surface area contributed by atoms with Gasteiger partial charge in [-0.3, -0.25) is 14.9 Å². The summed E-state index contributed by atoms with van der Waals surface area (Å²) in [6, 6.07) is 8.39. The summed E-state index contributed by atoms with van der Waals surface area (Å²) in [7, 11) is 1.17. The van der Waals surface area contributed by atoms with Crippen molar-refractivity contribution in [3.05, 3.63) is 61.6 Å². The van der Waals surface area contributed by atoms with Crippen molar-refractivity contribution < 1.29 is 19.6 Å². The van der Waals surface area contributed by atoms with Crippen LogP contribution < -0.4 is 15.2 Å². The van der Waals surface area contributed by atoms with Gasteiger partial charge in [0.05, 0.1) is 27.8 Å². The number of amides is 1. The number of halogens is 2. The smallest absolute Gasteiger partial charge is 0.266 e. The van der Waals surface area contributed by atoms with Crippen LogP contribution in [-0.4, -0.2) is 17.9 Å². The Bertz CT molecular complexity index is 999. The molecule has 138 valence electrons. The van der Waals surface area contributed by atoms with E-state index >= 15 is 0 Å². The minimum Gasteiger partial charge on any atom is -0.865 e. The van der Waals surface area contributed by atoms with Crippen LogP contribution in [0, 0.1) is 21.4 Å². The maximum Gasteiger partial charge on any atom is 0.266 e. The minimum absolute atomic E-state index is 0.0713. The van der Waals surface area contributed by atoms with Crippen molar-refractivity contribution in [2.45, 2.75) is 0 Å². The lowest BCUT2D eigenvalue weighted by atomic mass is 10.1. The molecule has 1 N–H and O–H groups in total. The van der Waals surface area contributed by atoms with Crippen LogP contribution in [0.5, 0.6) is 11.5 Å². The van der Waals surface area contributed by atoms with E-state index in [-0.39, 0.29) is 32.6 Å². The quantitative estimate of drug-likeness (QED) is 0.350. The van der Waals surface area contributed by atoms with E-state index in [1.54, 1.807) is 12.1 Å². The normalized spacial score (nSPS) is 10.8. The van der Waals surface area contributed by atoms with Gasteiger partial charge in [-0.1, -0.05) is 29.3 Å². The van der Waals surface area contributed by atoms with Crippen LogP contribution in [-0.2, 0) is 4.79 Å². The fourth-order valence-electron chi connectivity index (χ4n) is 2.08. The molecular weight excluding hydrogens is 397 g/mol. The molecule has 0 atom stereocenters. The lowest BCUT2D eigenvalue weighted by Crippen LogP contribution is -2.13. The Morgan fingerprint density at radius 1 is 1.37 bits per heavy atom. The molecule has 0 radical (unpaired) electrons. The van der Waals surface area contributed by atoms with E-state index in [1.807, 2.05) is 0 Å². The number of methoxy groups -OCH3 is 1. The van der Waals surface area contributed by atoms with Gasteiger partial charge in [-0.15, -0.1) is 0 Å². The van der Waals surface area contributed by atoms with E-state index < -0.39 is 22.3 Å². The molecule has 0 spiro atoms. The number of nitriles is 1. The molecule has 2 aromatic rings. The molecule has 0 aliphatic carbocycles. The highest BCUT2D eigenvalue weighted by molar-refractivity contribution is 6.44. The van der Waals surface area contributed by atoms with Crippen molar-refractivity contribution in [1.29, 1.82) is 5.26 Å². The topological polar surface area (TPSA) is 128 Å². The number of nitro benzene ring substituents is 1. The molecule has 0 bridgehead atoms. The van der Waals surface area contributed by atoms with Crippen molar-refractivity contribution in [2.24, 2.45) is 0 Å². The highest BCUT2D eigenvalue weighted by Gasteiger charge is 2.16. The molecule has 27 heavy (non-hydrogen) atoms. The summed E-state index contributed by atoms with van der Waals surface area (Å²) in [5, 5.41) is 34.8. The standard InChI is InChI=1S/C17H11Cl2N3O5/c1-27-14-7-9(6-13(16(14)23)22(25)26)5-10(8-20)17(24)21-12-4-2-3-11(18)15(12)19/h2-7,23H,1H3,(H,21,24)/p-1/b10-5+. The molecule has 0 unspecified atom stereocenters. The molecule has 2 aromatic carbocycles. The Morgan fingerprint density at radius 3 is 2.67 bits per heavy atom. The average molecular weight is 407 g/mol. The van der Waals surface area contributed by atoms with Crippen LogP contribution in [0.25, 0.3) is 6.08 Å². The second-order valence-corrected chi connectivity index (χ2v) is 5.84. The Balaban J connectivity index is 2.42. The summed E-state index contributed by atoms with van der Waals surface area (Å²) < 4.78 is 4.81. The van der Waals surface area contributed by atoms with Gasteiger partial charge in [0.2, 0.25) is 0 Å². The van der Waals surface area contributed by atoms with Gasteiger partial charge in [-0.2, -0.15) is 5.26 Å². The predicted octanol–water partition coefficient (Wildman–Crippen LogP) is 3.53. The first-order valence-corrected chi connectivity index (χ1v) is 7.94. The monoisotopic (exact) mass is 406 g/mol. The number of carbonyl (C=O) groups is 1. The Morgan fingerprint density at radius 2 is 2.07 bits per heavy atom. The van der Waals surface area contributed by atoms with E-state index in [1.165, 1.54) is 25.3 Å². The van der Waals surface area contributed by atoms with Crippen molar-refractivity contribution >= 4 is 46.6 Å². The van der Waals surface area contributed by atoms with Gasteiger partial charge in [0.15, 0.2) is 0 Å². The highest BCUT2D eigenvalue weighted by Crippen LogP contribution is 2.35. The zero-order valence-electron chi connectivity index (χ0n) is 13.7.